The Hall–Kier alpha value is -2.27. The molecule has 0 aliphatic carbocycles. The second-order valence-corrected chi connectivity index (χ2v) is 7.13. The van der Waals surface area contributed by atoms with Gasteiger partial charge >= 0.3 is 5.97 Å². The summed E-state index contributed by atoms with van der Waals surface area (Å²) in [7, 11) is 0. The van der Waals surface area contributed by atoms with E-state index in [0.29, 0.717) is 12.1 Å². The Bertz CT molecular complexity index is 721. The van der Waals surface area contributed by atoms with E-state index in [0.717, 1.165) is 16.9 Å². The Kier molecular flexibility index (Phi) is 7.07. The minimum atomic E-state index is -0.476. The maximum atomic E-state index is 12.0. The molecular weight excluding hydrogens is 334 g/mol. The van der Waals surface area contributed by atoms with Crippen LogP contribution in [0, 0.1) is 20.8 Å². The minimum absolute atomic E-state index is 0.263. The van der Waals surface area contributed by atoms with E-state index in [4.69, 9.17) is 4.74 Å². The molecule has 2 aromatic carbocycles. The summed E-state index contributed by atoms with van der Waals surface area (Å²) in [5.74, 6) is -0.00183. The van der Waals surface area contributed by atoms with Crippen LogP contribution in [-0.4, -0.2) is 30.8 Å². The van der Waals surface area contributed by atoms with Crippen molar-refractivity contribution >= 4 is 23.6 Å². The van der Waals surface area contributed by atoms with Crippen LogP contribution in [0.4, 0.5) is 0 Å². The number of benzene rings is 2. The molecule has 0 radical (unpaired) electrons. The van der Waals surface area contributed by atoms with Crippen LogP contribution in [-0.2, 0) is 9.53 Å². The highest BCUT2D eigenvalue weighted by atomic mass is 32.2. The molecular formula is C20H23NO3S. The van der Waals surface area contributed by atoms with Crippen molar-refractivity contribution in [1.82, 2.24) is 5.32 Å². The topological polar surface area (TPSA) is 55.4 Å². The first-order chi connectivity index (χ1) is 11.9. The molecule has 0 spiro atoms. The average Bonchev–Trinajstić information content (AvgIpc) is 2.57. The molecule has 5 heteroatoms. The lowest BCUT2D eigenvalue weighted by Crippen LogP contribution is -2.30. The summed E-state index contributed by atoms with van der Waals surface area (Å²) in [6, 6.07) is 13.7. The average molecular weight is 357 g/mol. The molecule has 0 aromatic heterocycles. The summed E-state index contributed by atoms with van der Waals surface area (Å²) in [5.41, 5.74) is 3.68. The molecule has 0 aliphatic rings. The zero-order chi connectivity index (χ0) is 18.2. The molecule has 1 N–H and O–H groups in total. The van der Waals surface area contributed by atoms with Gasteiger partial charge in [0.25, 0.3) is 5.91 Å². The van der Waals surface area contributed by atoms with E-state index in [-0.39, 0.29) is 12.5 Å². The summed E-state index contributed by atoms with van der Waals surface area (Å²) in [5, 5.41) is 2.76. The number of nitrogens with one attached hydrogen (secondary N) is 1. The van der Waals surface area contributed by atoms with Gasteiger partial charge in [0.2, 0.25) is 0 Å². The maximum absolute atomic E-state index is 12.0. The maximum Gasteiger partial charge on any atom is 0.338 e. The number of esters is 1. The van der Waals surface area contributed by atoms with Gasteiger partial charge in [-0.15, -0.1) is 11.8 Å². The first kappa shape index (κ1) is 19.1. The molecule has 0 fully saturated rings. The molecule has 1 amide bonds. The first-order valence-corrected chi connectivity index (χ1v) is 9.14. The Labute approximate surface area is 153 Å². The van der Waals surface area contributed by atoms with Crippen LogP contribution < -0.4 is 5.32 Å². The second-order valence-electron chi connectivity index (χ2n) is 5.96. The van der Waals surface area contributed by atoms with Gasteiger partial charge in [-0.05, 0) is 45.0 Å². The fourth-order valence-electron chi connectivity index (χ4n) is 2.35. The molecule has 0 saturated carbocycles. The standard InChI is InChI=1S/C20H23NO3S/c1-14-4-6-18(7-5-14)25-9-8-21-19(22)13-24-20(23)17-11-15(2)10-16(3)12-17/h4-7,10-12H,8-9,13H2,1-3H3,(H,21,22). The van der Waals surface area contributed by atoms with E-state index in [1.807, 2.05) is 26.8 Å². The molecule has 4 nitrogen and oxygen atoms in total. The third-order valence-electron chi connectivity index (χ3n) is 3.51. The van der Waals surface area contributed by atoms with E-state index < -0.39 is 5.97 Å². The van der Waals surface area contributed by atoms with E-state index >= 15 is 0 Å². The van der Waals surface area contributed by atoms with Crippen molar-refractivity contribution in [2.24, 2.45) is 0 Å². The Morgan fingerprint density at radius 3 is 2.24 bits per heavy atom. The smallest absolute Gasteiger partial charge is 0.338 e. The van der Waals surface area contributed by atoms with Crippen molar-refractivity contribution in [3.05, 3.63) is 64.7 Å². The number of amides is 1. The summed E-state index contributed by atoms with van der Waals surface area (Å²) >= 11 is 1.67. The SMILES string of the molecule is Cc1ccc(SCCNC(=O)COC(=O)c2cc(C)cc(C)c2)cc1. The molecule has 2 rings (SSSR count). The number of hydrogen-bond acceptors (Lipinski definition) is 4. The number of hydrogen-bond donors (Lipinski definition) is 1. The minimum Gasteiger partial charge on any atom is -0.452 e. The molecule has 0 unspecified atom stereocenters. The molecule has 0 heterocycles. The summed E-state index contributed by atoms with van der Waals surface area (Å²) in [6.07, 6.45) is 0. The highest BCUT2D eigenvalue weighted by molar-refractivity contribution is 7.99. The van der Waals surface area contributed by atoms with Gasteiger partial charge in [0, 0.05) is 17.2 Å². The van der Waals surface area contributed by atoms with Crippen LogP contribution in [0.2, 0.25) is 0 Å². The van der Waals surface area contributed by atoms with Gasteiger partial charge < -0.3 is 10.1 Å². The lowest BCUT2D eigenvalue weighted by Gasteiger charge is -2.08. The molecule has 2 aromatic rings. The highest BCUT2D eigenvalue weighted by Crippen LogP contribution is 2.17. The van der Waals surface area contributed by atoms with Gasteiger partial charge in [-0.2, -0.15) is 0 Å². The largest absolute Gasteiger partial charge is 0.452 e. The van der Waals surface area contributed by atoms with Crippen LogP contribution in [0.1, 0.15) is 27.0 Å². The monoisotopic (exact) mass is 357 g/mol. The number of aryl methyl sites for hydroxylation is 3. The molecule has 25 heavy (non-hydrogen) atoms. The van der Waals surface area contributed by atoms with Crippen LogP contribution in [0.25, 0.3) is 0 Å². The van der Waals surface area contributed by atoms with Crippen molar-refractivity contribution in [2.75, 3.05) is 18.9 Å². The van der Waals surface area contributed by atoms with Gasteiger partial charge in [0.15, 0.2) is 6.61 Å². The zero-order valence-corrected chi connectivity index (χ0v) is 15.6. The molecule has 0 aliphatic heterocycles. The second kappa shape index (κ2) is 9.28. The molecule has 132 valence electrons. The molecule has 0 saturated heterocycles. The first-order valence-electron chi connectivity index (χ1n) is 8.15. The van der Waals surface area contributed by atoms with Crippen LogP contribution in [0.15, 0.2) is 47.4 Å². The number of rotatable bonds is 7. The highest BCUT2D eigenvalue weighted by Gasteiger charge is 2.10. The van der Waals surface area contributed by atoms with Crippen molar-refractivity contribution in [2.45, 2.75) is 25.7 Å². The lowest BCUT2D eigenvalue weighted by atomic mass is 10.1. The molecule has 0 atom stereocenters. The predicted molar refractivity (Wildman–Crippen MR) is 101 cm³/mol. The Morgan fingerprint density at radius 2 is 1.60 bits per heavy atom. The zero-order valence-electron chi connectivity index (χ0n) is 14.8. The number of ether oxygens (including phenoxy) is 1. The Balaban J connectivity index is 1.68. The third kappa shape index (κ3) is 6.63. The van der Waals surface area contributed by atoms with Crippen molar-refractivity contribution < 1.29 is 14.3 Å². The normalized spacial score (nSPS) is 10.4. The third-order valence-corrected chi connectivity index (χ3v) is 4.52. The summed E-state index contributed by atoms with van der Waals surface area (Å²) in [4.78, 5) is 24.9. The fourth-order valence-corrected chi connectivity index (χ4v) is 3.12. The van der Waals surface area contributed by atoms with Crippen molar-refractivity contribution in [3.8, 4) is 0 Å². The summed E-state index contributed by atoms with van der Waals surface area (Å²) in [6.45, 7) is 6.15. The Morgan fingerprint density at radius 1 is 0.960 bits per heavy atom. The number of thioether (sulfide) groups is 1. The van der Waals surface area contributed by atoms with Crippen LogP contribution in [0.3, 0.4) is 0 Å². The lowest BCUT2D eigenvalue weighted by molar-refractivity contribution is -0.124. The van der Waals surface area contributed by atoms with Gasteiger partial charge in [-0.25, -0.2) is 4.79 Å². The quantitative estimate of drug-likeness (QED) is 0.467. The van der Waals surface area contributed by atoms with Gasteiger partial charge in [-0.3, -0.25) is 4.79 Å². The number of carbonyl (C=O) groups is 2. The van der Waals surface area contributed by atoms with Crippen molar-refractivity contribution in [3.63, 3.8) is 0 Å². The fraction of sp³-hybridized carbons (Fsp3) is 0.300. The van der Waals surface area contributed by atoms with E-state index in [9.17, 15) is 9.59 Å². The number of carbonyl (C=O) groups excluding carboxylic acids is 2. The summed E-state index contributed by atoms with van der Waals surface area (Å²) < 4.78 is 5.07. The van der Waals surface area contributed by atoms with Gasteiger partial charge in [-0.1, -0.05) is 34.9 Å². The van der Waals surface area contributed by atoms with Gasteiger partial charge in [0.05, 0.1) is 5.56 Å². The van der Waals surface area contributed by atoms with Gasteiger partial charge in [0.1, 0.15) is 0 Å². The van der Waals surface area contributed by atoms with Crippen LogP contribution in [0.5, 0.6) is 0 Å². The predicted octanol–water partition coefficient (Wildman–Crippen LogP) is 3.68. The molecule has 0 bridgehead atoms. The van der Waals surface area contributed by atoms with Crippen molar-refractivity contribution in [1.29, 1.82) is 0 Å². The van der Waals surface area contributed by atoms with Crippen LogP contribution >= 0.6 is 11.8 Å². The van der Waals surface area contributed by atoms with E-state index in [2.05, 4.69) is 29.6 Å². The van der Waals surface area contributed by atoms with E-state index in [1.54, 1.807) is 23.9 Å². The van der Waals surface area contributed by atoms with E-state index in [1.165, 1.54) is 10.5 Å².